The van der Waals surface area contributed by atoms with Gasteiger partial charge in [0.1, 0.15) is 0 Å². The molecule has 42 heavy (non-hydrogen) atoms. The molecular weight excluding hydrogens is 534 g/mol. The first kappa shape index (κ1) is 26.8. The van der Waals surface area contributed by atoms with E-state index in [1.807, 2.05) is 27.7 Å². The molecule has 1 N–H and O–H groups in total. The molecule has 12 nitrogen and oxygen atoms in total. The Morgan fingerprint density at radius 1 is 0.905 bits per heavy atom. The highest BCUT2D eigenvalue weighted by atomic mass is 16.6. The molecule has 1 saturated heterocycles. The van der Waals surface area contributed by atoms with Gasteiger partial charge in [-0.1, -0.05) is 42.5 Å². The van der Waals surface area contributed by atoms with Crippen LogP contribution < -0.4 is 10.2 Å². The Morgan fingerprint density at radius 2 is 1.64 bits per heavy atom. The maximum atomic E-state index is 12.9. The number of nitro groups is 1. The number of carbonyl (C=O) groups excluding carboxylic acids is 1. The van der Waals surface area contributed by atoms with Crippen LogP contribution in [0.4, 0.5) is 17.5 Å². The number of nitrogens with zero attached hydrogens (tertiary/aromatic N) is 8. The van der Waals surface area contributed by atoms with E-state index in [1.165, 1.54) is 17.7 Å². The van der Waals surface area contributed by atoms with Crippen molar-refractivity contribution < 1.29 is 9.72 Å². The molecular formula is C30H29N9O3. The minimum Gasteiger partial charge on any atom is -0.368 e. The van der Waals surface area contributed by atoms with Gasteiger partial charge in [0.25, 0.3) is 11.6 Å². The van der Waals surface area contributed by atoms with Crippen molar-refractivity contribution in [1.29, 1.82) is 0 Å². The largest absolute Gasteiger partial charge is 0.368 e. The first-order valence-corrected chi connectivity index (χ1v) is 13.7. The molecule has 6 rings (SSSR count). The number of benzene rings is 2. The van der Waals surface area contributed by atoms with Crippen LogP contribution >= 0.6 is 0 Å². The lowest BCUT2D eigenvalue weighted by Gasteiger charge is -2.35. The van der Waals surface area contributed by atoms with Crippen molar-refractivity contribution in [2.75, 3.05) is 42.9 Å². The number of rotatable bonds is 9. The van der Waals surface area contributed by atoms with Gasteiger partial charge in [0.2, 0.25) is 5.95 Å². The molecule has 5 aromatic rings. The van der Waals surface area contributed by atoms with E-state index in [1.54, 1.807) is 43.0 Å². The van der Waals surface area contributed by atoms with Crippen molar-refractivity contribution in [3.8, 4) is 0 Å². The first-order valence-electron chi connectivity index (χ1n) is 13.7. The Bertz CT molecular complexity index is 1680. The molecule has 2 aromatic carbocycles. The highest BCUT2D eigenvalue weighted by Crippen LogP contribution is 2.25. The maximum absolute atomic E-state index is 12.9. The van der Waals surface area contributed by atoms with Gasteiger partial charge in [0, 0.05) is 62.8 Å². The fourth-order valence-electron chi connectivity index (χ4n) is 4.99. The third-order valence-electron chi connectivity index (χ3n) is 7.28. The van der Waals surface area contributed by atoms with Crippen molar-refractivity contribution >= 4 is 34.5 Å². The molecule has 0 spiro atoms. The number of fused-ring (bicyclic) bond motifs is 1. The van der Waals surface area contributed by atoms with Crippen molar-refractivity contribution in [1.82, 2.24) is 29.4 Å². The summed E-state index contributed by atoms with van der Waals surface area (Å²) in [6, 6.07) is 20.2. The number of aromatic nitrogens is 5. The van der Waals surface area contributed by atoms with Crippen LogP contribution in [0.3, 0.4) is 0 Å². The topological polar surface area (TPSA) is 135 Å². The lowest BCUT2D eigenvalue weighted by molar-refractivity contribution is -0.384. The monoisotopic (exact) mass is 563 g/mol. The van der Waals surface area contributed by atoms with Crippen molar-refractivity contribution in [3.63, 3.8) is 0 Å². The standard InChI is InChI=1S/C30H29N9O3/c40-29(24-11-13-31-14-12-24)36-16-18-37(19-17-36)30-34-27(32-15-10-22-4-2-1-3-5-22)26-28(35-30)38(21-33-26)20-23-6-8-25(9-7-23)39(41)42/h1-9,11-14,21H,10,15-20H2,(H,32,34,35). The predicted octanol–water partition coefficient (Wildman–Crippen LogP) is 3.79. The number of nitrogens with one attached hydrogen (secondary N) is 1. The number of piperazine rings is 1. The van der Waals surface area contributed by atoms with E-state index in [-0.39, 0.29) is 11.6 Å². The van der Waals surface area contributed by atoms with Crippen LogP contribution in [0, 0.1) is 10.1 Å². The first-order chi connectivity index (χ1) is 20.5. The summed E-state index contributed by atoms with van der Waals surface area (Å²) in [6.45, 7) is 3.37. The maximum Gasteiger partial charge on any atom is 0.269 e. The zero-order valence-corrected chi connectivity index (χ0v) is 22.8. The summed E-state index contributed by atoms with van der Waals surface area (Å²) in [6.07, 6.45) is 5.79. The molecule has 212 valence electrons. The molecule has 0 atom stereocenters. The van der Waals surface area contributed by atoms with Crippen LogP contribution in [-0.2, 0) is 13.0 Å². The molecule has 3 aromatic heterocycles. The number of imidazole rings is 1. The molecule has 1 aliphatic rings. The quantitative estimate of drug-likeness (QED) is 0.210. The van der Waals surface area contributed by atoms with E-state index in [0.717, 1.165) is 12.0 Å². The Balaban J connectivity index is 1.25. The average Bonchev–Trinajstić information content (AvgIpc) is 3.44. The van der Waals surface area contributed by atoms with Crippen LogP contribution in [0.15, 0.2) is 85.5 Å². The lowest BCUT2D eigenvalue weighted by Crippen LogP contribution is -2.49. The summed E-state index contributed by atoms with van der Waals surface area (Å²) in [5, 5.41) is 14.5. The molecule has 0 saturated carbocycles. The van der Waals surface area contributed by atoms with Gasteiger partial charge in [-0.3, -0.25) is 19.9 Å². The summed E-state index contributed by atoms with van der Waals surface area (Å²) in [7, 11) is 0. The van der Waals surface area contributed by atoms with Gasteiger partial charge in [0.15, 0.2) is 17.0 Å². The minimum absolute atomic E-state index is 0.0159. The van der Waals surface area contributed by atoms with Crippen molar-refractivity contribution in [3.05, 3.63) is 112 Å². The highest BCUT2D eigenvalue weighted by Gasteiger charge is 2.25. The van der Waals surface area contributed by atoms with Crippen molar-refractivity contribution in [2.45, 2.75) is 13.0 Å². The fourth-order valence-corrected chi connectivity index (χ4v) is 4.99. The second-order valence-corrected chi connectivity index (χ2v) is 10.0. The average molecular weight is 564 g/mol. The summed E-state index contributed by atoms with van der Waals surface area (Å²) >= 11 is 0. The molecule has 1 fully saturated rings. The third-order valence-corrected chi connectivity index (χ3v) is 7.28. The summed E-state index contributed by atoms with van der Waals surface area (Å²) in [5.41, 5.74) is 4.09. The number of amides is 1. The normalized spacial score (nSPS) is 13.3. The third kappa shape index (κ3) is 5.87. The Morgan fingerprint density at radius 3 is 2.36 bits per heavy atom. The zero-order valence-electron chi connectivity index (χ0n) is 22.8. The van der Waals surface area contributed by atoms with Crippen LogP contribution in [-0.4, -0.2) is 73.0 Å². The van der Waals surface area contributed by atoms with Crippen LogP contribution in [0.25, 0.3) is 11.2 Å². The van der Waals surface area contributed by atoms with Gasteiger partial charge >= 0.3 is 0 Å². The Hall–Kier alpha value is -5.39. The molecule has 0 aliphatic carbocycles. The van der Waals surface area contributed by atoms with E-state index < -0.39 is 4.92 Å². The van der Waals surface area contributed by atoms with Gasteiger partial charge < -0.3 is 19.7 Å². The second kappa shape index (κ2) is 12.0. The molecule has 1 amide bonds. The van der Waals surface area contributed by atoms with Gasteiger partial charge in [0.05, 0.1) is 17.8 Å². The van der Waals surface area contributed by atoms with E-state index in [2.05, 4.69) is 32.3 Å². The predicted molar refractivity (Wildman–Crippen MR) is 159 cm³/mol. The number of anilines is 2. The van der Waals surface area contributed by atoms with E-state index in [9.17, 15) is 14.9 Å². The highest BCUT2D eigenvalue weighted by molar-refractivity contribution is 5.94. The van der Waals surface area contributed by atoms with Gasteiger partial charge in [-0.2, -0.15) is 9.97 Å². The van der Waals surface area contributed by atoms with E-state index in [0.29, 0.717) is 67.8 Å². The molecule has 0 radical (unpaired) electrons. The smallest absolute Gasteiger partial charge is 0.269 e. The van der Waals surface area contributed by atoms with E-state index >= 15 is 0 Å². The number of non-ortho nitro benzene ring substituents is 1. The van der Waals surface area contributed by atoms with Gasteiger partial charge in [-0.25, -0.2) is 4.98 Å². The number of nitro benzene ring substituents is 1. The molecule has 4 heterocycles. The van der Waals surface area contributed by atoms with Crippen LogP contribution in [0.5, 0.6) is 0 Å². The van der Waals surface area contributed by atoms with E-state index in [4.69, 9.17) is 9.97 Å². The Kier molecular flexibility index (Phi) is 7.66. The lowest BCUT2D eigenvalue weighted by atomic mass is 10.1. The minimum atomic E-state index is -0.409. The number of hydrogen-bond donors (Lipinski definition) is 1. The SMILES string of the molecule is O=C(c1ccncc1)N1CCN(c2nc(NCCc3ccccc3)c3ncn(Cc4ccc([N+](=O)[O-])cc4)c3n2)CC1. The Labute approximate surface area is 241 Å². The molecule has 0 unspecified atom stereocenters. The number of carbonyl (C=O) groups is 1. The molecule has 12 heteroatoms. The van der Waals surface area contributed by atoms with Gasteiger partial charge in [-0.05, 0) is 29.7 Å². The fraction of sp³-hybridized carbons (Fsp3) is 0.233. The van der Waals surface area contributed by atoms with Crippen molar-refractivity contribution in [2.24, 2.45) is 0 Å². The molecule has 0 bridgehead atoms. The summed E-state index contributed by atoms with van der Waals surface area (Å²) in [4.78, 5) is 45.9. The zero-order chi connectivity index (χ0) is 28.9. The number of hydrogen-bond acceptors (Lipinski definition) is 9. The summed E-state index contributed by atoms with van der Waals surface area (Å²) in [5.74, 6) is 1.19. The number of pyridine rings is 1. The van der Waals surface area contributed by atoms with Gasteiger partial charge in [-0.15, -0.1) is 0 Å². The summed E-state index contributed by atoms with van der Waals surface area (Å²) < 4.78 is 1.92. The van der Waals surface area contributed by atoms with Crippen LogP contribution in [0.2, 0.25) is 0 Å². The van der Waals surface area contributed by atoms with Crippen LogP contribution in [0.1, 0.15) is 21.5 Å². The molecule has 1 aliphatic heterocycles. The second-order valence-electron chi connectivity index (χ2n) is 10.0.